The Labute approximate surface area is 230 Å². The van der Waals surface area contributed by atoms with Gasteiger partial charge in [0.2, 0.25) is 0 Å². The van der Waals surface area contributed by atoms with E-state index in [1.807, 2.05) is 0 Å². The molecule has 1 aliphatic rings. The van der Waals surface area contributed by atoms with Gasteiger partial charge in [-0.3, -0.25) is 13.9 Å². The Morgan fingerprint density at radius 1 is 1.10 bits per heavy atom. The molecule has 0 N–H and O–H groups in total. The molecule has 0 aromatic heterocycles. The number of ether oxygens (including phenoxy) is 1. The van der Waals surface area contributed by atoms with E-state index in [9.17, 15) is 22.4 Å². The van der Waals surface area contributed by atoms with Gasteiger partial charge in [-0.25, -0.2) is 17.2 Å². The number of hydrogen-bond donors (Lipinski definition) is 0. The quantitative estimate of drug-likeness (QED) is 0.299. The molecular weight excluding hydrogens is 550 g/mol. The van der Waals surface area contributed by atoms with Crippen LogP contribution in [0.4, 0.5) is 14.5 Å². The van der Waals surface area contributed by atoms with E-state index in [0.717, 1.165) is 18.6 Å². The highest BCUT2D eigenvalue weighted by molar-refractivity contribution is 7.93. The maximum absolute atomic E-state index is 15.2. The van der Waals surface area contributed by atoms with E-state index < -0.39 is 57.1 Å². The molecule has 0 radical (unpaired) electrons. The fourth-order valence-electron chi connectivity index (χ4n) is 4.03. The van der Waals surface area contributed by atoms with Gasteiger partial charge in [-0.1, -0.05) is 48.0 Å². The van der Waals surface area contributed by atoms with Crippen LogP contribution in [-0.2, 0) is 14.8 Å². The summed E-state index contributed by atoms with van der Waals surface area (Å²) in [5, 5.41) is -0.218. The Morgan fingerprint density at radius 2 is 1.79 bits per heavy atom. The average molecular weight is 575 g/mol. The van der Waals surface area contributed by atoms with E-state index in [1.54, 1.807) is 30.3 Å². The first-order valence-electron chi connectivity index (χ1n) is 12.0. The molecule has 1 fully saturated rings. The predicted octanol–water partition coefficient (Wildman–Crippen LogP) is 5.48. The summed E-state index contributed by atoms with van der Waals surface area (Å²) >= 11 is 6.39. The van der Waals surface area contributed by atoms with Crippen LogP contribution in [-0.4, -0.2) is 51.2 Å². The molecule has 3 aromatic carbocycles. The van der Waals surface area contributed by atoms with Crippen molar-refractivity contribution in [2.75, 3.05) is 30.5 Å². The molecule has 0 spiro atoms. The molecule has 1 amide bonds. The molecule has 0 saturated carbocycles. The zero-order valence-electron chi connectivity index (χ0n) is 21.0. The Bertz CT molecular complexity index is 1540. The molecule has 1 aliphatic heterocycles. The van der Waals surface area contributed by atoms with Crippen molar-refractivity contribution in [2.45, 2.75) is 18.2 Å². The fourth-order valence-corrected chi connectivity index (χ4v) is 5.98. The summed E-state index contributed by atoms with van der Waals surface area (Å²) in [6.45, 7) is 4.94. The van der Waals surface area contributed by atoms with E-state index in [4.69, 9.17) is 16.3 Å². The van der Waals surface area contributed by atoms with Gasteiger partial charge in [0.1, 0.15) is 23.1 Å². The van der Waals surface area contributed by atoms with Crippen LogP contribution in [0.25, 0.3) is 11.1 Å². The molecule has 1 heterocycles. The number of amides is 1. The van der Waals surface area contributed by atoms with Crippen molar-refractivity contribution >= 4 is 39.0 Å². The van der Waals surface area contributed by atoms with Gasteiger partial charge in [0, 0.05) is 30.3 Å². The first kappa shape index (κ1) is 28.3. The summed E-state index contributed by atoms with van der Waals surface area (Å²) in [6, 6.07) is 12.3. The molecule has 1 saturated heterocycles. The number of benzene rings is 3. The van der Waals surface area contributed by atoms with Crippen molar-refractivity contribution in [2.24, 2.45) is 0 Å². The van der Waals surface area contributed by atoms with Crippen LogP contribution in [0.3, 0.4) is 0 Å². The summed E-state index contributed by atoms with van der Waals surface area (Å²) in [5.74, 6) is -3.23. The highest BCUT2D eigenvalue weighted by atomic mass is 35.5. The third-order valence-corrected chi connectivity index (χ3v) is 8.14. The second-order valence-corrected chi connectivity index (χ2v) is 11.1. The van der Waals surface area contributed by atoms with Crippen LogP contribution in [0, 0.1) is 11.6 Å². The highest BCUT2D eigenvalue weighted by Crippen LogP contribution is 2.39. The molecule has 204 valence electrons. The van der Waals surface area contributed by atoms with Crippen molar-refractivity contribution in [3.8, 4) is 16.9 Å². The lowest BCUT2D eigenvalue weighted by Crippen LogP contribution is -2.42. The molecule has 0 unspecified atom stereocenters. The number of nitrogens with zero attached hydrogens (tertiary/aromatic N) is 2. The zero-order valence-corrected chi connectivity index (χ0v) is 22.6. The first-order valence-corrected chi connectivity index (χ1v) is 13.8. The second kappa shape index (κ2) is 11.5. The van der Waals surface area contributed by atoms with Crippen LogP contribution in [0.1, 0.15) is 23.7 Å². The van der Waals surface area contributed by atoms with Crippen LogP contribution < -0.4 is 9.04 Å². The zero-order chi connectivity index (χ0) is 28.3. The third kappa shape index (κ3) is 5.81. The number of rotatable bonds is 10. The second-order valence-electron chi connectivity index (χ2n) is 8.90. The summed E-state index contributed by atoms with van der Waals surface area (Å²) < 4.78 is 64.4. The van der Waals surface area contributed by atoms with Gasteiger partial charge in [-0.2, -0.15) is 0 Å². The maximum Gasteiger partial charge on any atom is 0.268 e. The maximum atomic E-state index is 15.2. The monoisotopic (exact) mass is 574 g/mol. The minimum Gasteiger partial charge on any atom is -0.483 e. The van der Waals surface area contributed by atoms with Gasteiger partial charge < -0.3 is 9.64 Å². The molecule has 7 nitrogen and oxygen atoms in total. The lowest BCUT2D eigenvalue weighted by atomic mass is 10.0. The van der Waals surface area contributed by atoms with Crippen LogP contribution in [0.2, 0.25) is 5.02 Å². The predicted molar refractivity (Wildman–Crippen MR) is 145 cm³/mol. The molecule has 3 aromatic rings. The normalized spacial score (nSPS) is 13.0. The molecule has 11 heteroatoms. The SMILES string of the molecule is C=CCN(c1cc(-c2ccccc2)c(F)cc1F)S(=O)(=O)c1cc(C(=O)N2CCC2)cc(Cl)c1OCC(C)=O. The standard InChI is InChI=1S/C28H25ClF2N2O5S/c1-3-10-33(25-15-21(23(30)16-24(25)31)19-8-5-4-6-9-19)39(36,37)26-14-20(28(35)32-11-7-12-32)13-22(29)27(26)38-17-18(2)34/h3-6,8-9,13-16H,1,7,10-12,17H2,2H3. The number of carbonyl (C=O) groups excluding carboxylic acids is 2. The lowest BCUT2D eigenvalue weighted by Gasteiger charge is -2.31. The van der Waals surface area contributed by atoms with Gasteiger partial charge in [-0.15, -0.1) is 6.58 Å². The summed E-state index contributed by atoms with van der Waals surface area (Å²) in [5.41, 5.74) is -0.0910. The number of likely N-dealkylation sites (tertiary alicyclic amines) is 1. The summed E-state index contributed by atoms with van der Waals surface area (Å²) in [4.78, 5) is 25.5. The van der Waals surface area contributed by atoms with Crippen molar-refractivity contribution in [1.82, 2.24) is 4.90 Å². The third-order valence-electron chi connectivity index (χ3n) is 6.07. The Hall–Kier alpha value is -3.76. The Kier molecular flexibility index (Phi) is 8.36. The number of ketones is 1. The van der Waals surface area contributed by atoms with E-state index in [-0.39, 0.29) is 21.9 Å². The highest BCUT2D eigenvalue weighted by Gasteiger charge is 2.34. The molecule has 0 aliphatic carbocycles. The summed E-state index contributed by atoms with van der Waals surface area (Å²) in [6.07, 6.45) is 2.04. The lowest BCUT2D eigenvalue weighted by molar-refractivity contribution is -0.118. The number of halogens is 3. The van der Waals surface area contributed by atoms with Crippen molar-refractivity contribution in [1.29, 1.82) is 0 Å². The largest absolute Gasteiger partial charge is 0.483 e. The fraction of sp³-hybridized carbons (Fsp3) is 0.214. The van der Waals surface area contributed by atoms with Gasteiger partial charge in [0.15, 0.2) is 11.5 Å². The molecule has 4 rings (SSSR count). The Morgan fingerprint density at radius 3 is 2.38 bits per heavy atom. The van der Waals surface area contributed by atoms with Gasteiger partial charge >= 0.3 is 0 Å². The minimum absolute atomic E-state index is 0.0171. The van der Waals surface area contributed by atoms with Crippen LogP contribution >= 0.6 is 11.6 Å². The number of hydrogen-bond acceptors (Lipinski definition) is 5. The van der Waals surface area contributed by atoms with E-state index >= 15 is 4.39 Å². The Balaban J connectivity index is 1.90. The van der Waals surface area contributed by atoms with Crippen molar-refractivity contribution in [3.05, 3.63) is 89.5 Å². The van der Waals surface area contributed by atoms with E-state index in [2.05, 4.69) is 6.58 Å². The average Bonchev–Trinajstić information content (AvgIpc) is 2.86. The summed E-state index contributed by atoms with van der Waals surface area (Å²) in [7, 11) is -4.71. The first-order chi connectivity index (χ1) is 18.5. The molecule has 39 heavy (non-hydrogen) atoms. The number of sulfonamides is 1. The topological polar surface area (TPSA) is 84.0 Å². The van der Waals surface area contributed by atoms with Crippen molar-refractivity contribution < 1.29 is 31.5 Å². The minimum atomic E-state index is -4.71. The molecule has 0 bridgehead atoms. The molecule has 0 atom stereocenters. The van der Waals surface area contributed by atoms with Crippen LogP contribution in [0.15, 0.2) is 72.1 Å². The van der Waals surface area contributed by atoms with Crippen molar-refractivity contribution in [3.63, 3.8) is 0 Å². The smallest absolute Gasteiger partial charge is 0.268 e. The van der Waals surface area contributed by atoms with Gasteiger partial charge in [0.05, 0.1) is 17.3 Å². The number of Topliss-reactive ketones (excluding diaryl/α,β-unsaturated/α-hetero) is 1. The van der Waals surface area contributed by atoms with Gasteiger partial charge in [0.25, 0.3) is 15.9 Å². The number of anilines is 1. The van der Waals surface area contributed by atoms with Crippen LogP contribution in [0.5, 0.6) is 5.75 Å². The van der Waals surface area contributed by atoms with Gasteiger partial charge in [-0.05, 0) is 37.1 Å². The van der Waals surface area contributed by atoms with E-state index in [1.165, 1.54) is 24.0 Å². The molecular formula is C28H25ClF2N2O5S. The van der Waals surface area contributed by atoms with E-state index in [0.29, 0.717) is 29.0 Å². The number of carbonyl (C=O) groups is 2.